The Morgan fingerprint density at radius 3 is 2.45 bits per heavy atom. The van der Waals surface area contributed by atoms with Crippen LogP contribution in [0.15, 0.2) is 49.6 Å². The zero-order chi connectivity index (χ0) is 27.8. The van der Waals surface area contributed by atoms with E-state index in [1.165, 1.54) is 4.90 Å². The number of nitrogens with zero attached hydrogens (tertiary/aromatic N) is 3. The molecule has 3 amide bonds. The Morgan fingerprint density at radius 1 is 1.21 bits per heavy atom. The van der Waals surface area contributed by atoms with Crippen LogP contribution in [0.1, 0.15) is 40.0 Å². The first kappa shape index (κ1) is 28.3. The smallest absolute Gasteiger partial charge is 0.253 e. The van der Waals surface area contributed by atoms with Gasteiger partial charge in [-0.25, -0.2) is 0 Å². The van der Waals surface area contributed by atoms with Crippen molar-refractivity contribution in [1.29, 1.82) is 0 Å². The largest absolute Gasteiger partial charge is 0.394 e. The molecular weight excluding hydrogens is 506 g/mol. The predicted molar refractivity (Wildman–Crippen MR) is 147 cm³/mol. The Bertz CT molecular complexity index is 1110. The maximum atomic E-state index is 14.4. The van der Waals surface area contributed by atoms with Gasteiger partial charge in [0.1, 0.15) is 11.6 Å². The number of hydrogen-bond acceptors (Lipinski definition) is 5. The van der Waals surface area contributed by atoms with Crippen molar-refractivity contribution in [3.05, 3.63) is 54.6 Å². The first-order chi connectivity index (χ1) is 18.1. The van der Waals surface area contributed by atoms with E-state index in [1.807, 2.05) is 13.8 Å². The summed E-state index contributed by atoms with van der Waals surface area (Å²) in [4.78, 5) is 47.3. The summed E-state index contributed by atoms with van der Waals surface area (Å²) in [7, 11) is 0. The van der Waals surface area contributed by atoms with Crippen molar-refractivity contribution in [2.45, 2.75) is 63.3 Å². The highest BCUT2D eigenvalue weighted by molar-refractivity contribution is 6.30. The summed E-state index contributed by atoms with van der Waals surface area (Å²) in [5.74, 6) is -2.37. The number of aliphatic hydroxyl groups excluding tert-OH is 1. The Balaban J connectivity index is 1.81. The van der Waals surface area contributed by atoms with Gasteiger partial charge in [-0.2, -0.15) is 0 Å². The van der Waals surface area contributed by atoms with Crippen LogP contribution in [0.4, 0.5) is 5.69 Å². The Hall–Kier alpha value is -2.68. The number of fused-ring (bicyclic) bond motifs is 1. The summed E-state index contributed by atoms with van der Waals surface area (Å²) in [5, 5.41) is 10.6. The molecule has 2 unspecified atom stereocenters. The summed E-state index contributed by atoms with van der Waals surface area (Å²) >= 11 is 6.09. The minimum atomic E-state index is -1.18. The van der Waals surface area contributed by atoms with Crippen LogP contribution in [0.25, 0.3) is 0 Å². The number of ether oxygens (including phenoxy) is 1. The SMILES string of the molecule is C=CCN(CCC)C(=O)[C@H]1[C@H]2C(=O)N([C@H](C)CO)C(C(=O)N(CC=C)c3ccc(Cl)cc3)C23CC[C@]1(C)O3. The third-order valence-corrected chi connectivity index (χ3v) is 8.58. The van der Waals surface area contributed by atoms with E-state index in [9.17, 15) is 19.5 Å². The van der Waals surface area contributed by atoms with Gasteiger partial charge in [0.25, 0.3) is 5.91 Å². The lowest BCUT2D eigenvalue weighted by atomic mass is 9.66. The van der Waals surface area contributed by atoms with E-state index in [2.05, 4.69) is 13.2 Å². The molecule has 0 saturated carbocycles. The highest BCUT2D eigenvalue weighted by Crippen LogP contribution is 2.63. The third-order valence-electron chi connectivity index (χ3n) is 8.32. The monoisotopic (exact) mass is 543 g/mol. The van der Waals surface area contributed by atoms with Gasteiger partial charge in [-0.05, 0) is 57.4 Å². The average molecular weight is 544 g/mol. The number of benzene rings is 1. The van der Waals surface area contributed by atoms with Crippen molar-refractivity contribution >= 4 is 35.0 Å². The molecule has 0 radical (unpaired) electrons. The van der Waals surface area contributed by atoms with E-state index < -0.39 is 35.1 Å². The Labute approximate surface area is 229 Å². The second-order valence-electron chi connectivity index (χ2n) is 10.8. The predicted octanol–water partition coefficient (Wildman–Crippen LogP) is 3.43. The van der Waals surface area contributed by atoms with Crippen molar-refractivity contribution in [3.8, 4) is 0 Å². The molecule has 4 rings (SSSR count). The maximum absolute atomic E-state index is 14.4. The van der Waals surface area contributed by atoms with E-state index >= 15 is 0 Å². The second kappa shape index (κ2) is 10.8. The van der Waals surface area contributed by atoms with Gasteiger partial charge in [-0.1, -0.05) is 30.7 Å². The molecule has 1 aromatic rings. The zero-order valence-electron chi connectivity index (χ0n) is 22.4. The maximum Gasteiger partial charge on any atom is 0.253 e. The van der Waals surface area contributed by atoms with E-state index in [0.717, 1.165) is 6.42 Å². The number of carbonyl (C=O) groups is 3. The molecule has 9 heteroatoms. The molecule has 3 aliphatic rings. The molecule has 3 aliphatic heterocycles. The summed E-state index contributed by atoms with van der Waals surface area (Å²) in [6, 6.07) is 5.24. The van der Waals surface area contributed by atoms with Crippen molar-refractivity contribution in [2.75, 3.05) is 31.1 Å². The highest BCUT2D eigenvalue weighted by Gasteiger charge is 2.78. The number of rotatable bonds is 11. The summed E-state index contributed by atoms with van der Waals surface area (Å²) in [6.07, 6.45) is 5.08. The van der Waals surface area contributed by atoms with E-state index in [0.29, 0.717) is 36.6 Å². The second-order valence-corrected chi connectivity index (χ2v) is 11.2. The molecule has 206 valence electrons. The van der Waals surface area contributed by atoms with Gasteiger partial charge in [0, 0.05) is 30.3 Å². The summed E-state index contributed by atoms with van der Waals surface area (Å²) < 4.78 is 6.71. The molecule has 6 atom stereocenters. The molecule has 3 saturated heterocycles. The fourth-order valence-electron chi connectivity index (χ4n) is 6.72. The molecule has 3 heterocycles. The minimum Gasteiger partial charge on any atom is -0.394 e. The highest BCUT2D eigenvalue weighted by atomic mass is 35.5. The number of carbonyl (C=O) groups excluding carboxylic acids is 3. The van der Waals surface area contributed by atoms with Crippen LogP contribution in [0.5, 0.6) is 0 Å². The fraction of sp³-hybridized carbons (Fsp3) is 0.552. The van der Waals surface area contributed by atoms with Gasteiger partial charge in [0.05, 0.1) is 30.1 Å². The van der Waals surface area contributed by atoms with Gasteiger partial charge < -0.3 is 24.5 Å². The number of aliphatic hydroxyl groups is 1. The van der Waals surface area contributed by atoms with Crippen molar-refractivity contribution in [3.63, 3.8) is 0 Å². The molecule has 2 bridgehead atoms. The molecule has 1 aromatic carbocycles. The number of likely N-dealkylation sites (tertiary alicyclic amines) is 1. The standard InChI is InChI=1S/C29H38ClN3O5/c1-6-15-31(16-7-2)25(35)22-23-26(36)33(19(4)18-34)24(29(23)14-13-28(22,5)38-29)27(37)32(17-8-3)21-11-9-20(30)10-12-21/h6,8-12,19,22-24,34H,1,3,7,13-18H2,2,4-5H3/t19-,22-,23+,24?,28+,29?/m1/s1. The zero-order valence-corrected chi connectivity index (χ0v) is 23.2. The molecule has 1 spiro atoms. The summed E-state index contributed by atoms with van der Waals surface area (Å²) in [6.45, 7) is 14.0. The lowest BCUT2D eigenvalue weighted by molar-refractivity contribution is -0.151. The lowest BCUT2D eigenvalue weighted by Gasteiger charge is -2.38. The van der Waals surface area contributed by atoms with Crippen LogP contribution in [0.3, 0.4) is 0 Å². The normalized spacial score (nSPS) is 30.2. The molecule has 1 N–H and O–H groups in total. The van der Waals surface area contributed by atoms with Crippen LogP contribution in [0, 0.1) is 11.8 Å². The van der Waals surface area contributed by atoms with Crippen molar-refractivity contribution < 1.29 is 24.2 Å². The summed E-state index contributed by atoms with van der Waals surface area (Å²) in [5.41, 5.74) is -1.44. The van der Waals surface area contributed by atoms with Crippen molar-refractivity contribution in [1.82, 2.24) is 9.80 Å². The van der Waals surface area contributed by atoms with E-state index in [4.69, 9.17) is 16.3 Å². The van der Waals surface area contributed by atoms with Crippen LogP contribution in [-0.2, 0) is 19.1 Å². The van der Waals surface area contributed by atoms with Crippen LogP contribution in [0.2, 0.25) is 5.02 Å². The lowest BCUT2D eigenvalue weighted by Crippen LogP contribution is -2.58. The molecule has 0 aliphatic carbocycles. The number of halogens is 1. The van der Waals surface area contributed by atoms with Crippen LogP contribution < -0.4 is 4.90 Å². The number of hydrogen-bond donors (Lipinski definition) is 1. The number of anilines is 1. The Morgan fingerprint density at radius 2 is 1.87 bits per heavy atom. The van der Waals surface area contributed by atoms with Gasteiger partial charge in [0.2, 0.25) is 11.8 Å². The third kappa shape index (κ3) is 4.36. The molecular formula is C29H38ClN3O5. The van der Waals surface area contributed by atoms with Gasteiger partial charge in [0.15, 0.2) is 0 Å². The first-order valence-corrected chi connectivity index (χ1v) is 13.7. The topological polar surface area (TPSA) is 90.4 Å². The van der Waals surface area contributed by atoms with E-state index in [1.54, 1.807) is 53.1 Å². The Kier molecular flexibility index (Phi) is 8.07. The first-order valence-electron chi connectivity index (χ1n) is 13.3. The minimum absolute atomic E-state index is 0.153. The van der Waals surface area contributed by atoms with Crippen LogP contribution in [-0.4, -0.2) is 82.2 Å². The molecule has 0 aromatic heterocycles. The molecule has 38 heavy (non-hydrogen) atoms. The van der Waals surface area contributed by atoms with Gasteiger partial charge in [-0.15, -0.1) is 13.2 Å². The quantitative estimate of drug-likeness (QED) is 0.432. The molecule has 3 fully saturated rings. The average Bonchev–Trinajstić information content (AvgIpc) is 3.47. The van der Waals surface area contributed by atoms with Gasteiger partial charge >= 0.3 is 0 Å². The van der Waals surface area contributed by atoms with Gasteiger partial charge in [-0.3, -0.25) is 14.4 Å². The van der Waals surface area contributed by atoms with Crippen molar-refractivity contribution in [2.24, 2.45) is 11.8 Å². The number of amides is 3. The van der Waals surface area contributed by atoms with E-state index in [-0.39, 0.29) is 30.9 Å². The fourth-order valence-corrected chi connectivity index (χ4v) is 6.84. The van der Waals surface area contributed by atoms with Crippen LogP contribution >= 0.6 is 11.6 Å². The molecule has 8 nitrogen and oxygen atoms in total.